The molecular weight excluding hydrogens is 281 g/mol. The molecule has 1 aromatic carbocycles. The first-order valence-corrected chi connectivity index (χ1v) is 7.04. The molecule has 2 aromatic heterocycles. The molecule has 6 heteroatoms. The fraction of sp³-hybridized carbons (Fsp3) is 0.188. The largest absolute Gasteiger partial charge is 0.354 e. The molecule has 0 saturated carbocycles. The molecule has 112 valence electrons. The zero-order chi connectivity index (χ0) is 15.4. The van der Waals surface area contributed by atoms with E-state index in [9.17, 15) is 4.39 Å². The fourth-order valence-corrected chi connectivity index (χ4v) is 2.02. The van der Waals surface area contributed by atoms with Crippen LogP contribution in [-0.2, 0) is 6.42 Å². The van der Waals surface area contributed by atoms with Crippen LogP contribution in [0.5, 0.6) is 0 Å². The second kappa shape index (κ2) is 6.34. The molecule has 3 aromatic rings. The Morgan fingerprint density at radius 1 is 1.09 bits per heavy atom. The third-order valence-electron chi connectivity index (χ3n) is 3.18. The molecule has 5 nitrogen and oxygen atoms in total. The predicted molar refractivity (Wildman–Crippen MR) is 82.5 cm³/mol. The molecule has 22 heavy (non-hydrogen) atoms. The van der Waals surface area contributed by atoms with Crippen molar-refractivity contribution in [1.82, 2.24) is 19.7 Å². The van der Waals surface area contributed by atoms with Crippen molar-refractivity contribution in [3.63, 3.8) is 0 Å². The monoisotopic (exact) mass is 297 g/mol. The third kappa shape index (κ3) is 3.46. The lowest BCUT2D eigenvalue weighted by atomic mass is 10.3. The van der Waals surface area contributed by atoms with Gasteiger partial charge in [0.2, 0.25) is 5.95 Å². The molecule has 0 spiro atoms. The normalized spacial score (nSPS) is 10.6. The van der Waals surface area contributed by atoms with E-state index < -0.39 is 0 Å². The Kier molecular flexibility index (Phi) is 4.09. The lowest BCUT2D eigenvalue weighted by Crippen LogP contribution is -2.08. The van der Waals surface area contributed by atoms with Crippen LogP contribution in [0.25, 0.3) is 5.69 Å². The molecule has 3 rings (SSSR count). The number of anilines is 1. The molecule has 0 unspecified atom stereocenters. The van der Waals surface area contributed by atoms with E-state index in [1.54, 1.807) is 29.2 Å². The van der Waals surface area contributed by atoms with Gasteiger partial charge in [0.15, 0.2) is 0 Å². The number of halogens is 1. The molecule has 0 saturated heterocycles. The summed E-state index contributed by atoms with van der Waals surface area (Å²) in [6, 6.07) is 8.19. The number of nitrogens with one attached hydrogen (secondary N) is 1. The Morgan fingerprint density at radius 2 is 1.82 bits per heavy atom. The SMILES string of the molecule is Cc1cnc(NCCc2ccn(-c3ccc(F)cc3)n2)nc1. The lowest BCUT2D eigenvalue weighted by molar-refractivity contribution is 0.627. The van der Waals surface area contributed by atoms with E-state index in [1.807, 2.05) is 19.2 Å². The third-order valence-corrected chi connectivity index (χ3v) is 3.18. The minimum absolute atomic E-state index is 0.251. The predicted octanol–water partition coefficient (Wildman–Crippen LogP) is 2.76. The molecule has 0 aliphatic heterocycles. The maximum Gasteiger partial charge on any atom is 0.222 e. The molecule has 0 fully saturated rings. The van der Waals surface area contributed by atoms with Gasteiger partial charge in [0.05, 0.1) is 11.4 Å². The molecule has 0 radical (unpaired) electrons. The Labute approximate surface area is 127 Å². The van der Waals surface area contributed by atoms with Crippen molar-refractivity contribution in [1.29, 1.82) is 0 Å². The number of aromatic nitrogens is 4. The van der Waals surface area contributed by atoms with Crippen LogP contribution in [0, 0.1) is 12.7 Å². The first-order valence-electron chi connectivity index (χ1n) is 7.04. The first kappa shape index (κ1) is 14.2. The Hall–Kier alpha value is -2.76. The van der Waals surface area contributed by atoms with Gasteiger partial charge in [-0.3, -0.25) is 0 Å². The molecule has 0 amide bonds. The van der Waals surface area contributed by atoms with Gasteiger partial charge in [-0.2, -0.15) is 5.10 Å². The van der Waals surface area contributed by atoms with E-state index in [4.69, 9.17) is 0 Å². The average Bonchev–Trinajstić information content (AvgIpc) is 2.99. The molecular formula is C16H16FN5. The van der Waals surface area contributed by atoms with Crippen LogP contribution in [-0.4, -0.2) is 26.3 Å². The maximum absolute atomic E-state index is 12.9. The van der Waals surface area contributed by atoms with Crippen LogP contribution in [0.1, 0.15) is 11.3 Å². The number of hydrogen-bond donors (Lipinski definition) is 1. The smallest absolute Gasteiger partial charge is 0.222 e. The Morgan fingerprint density at radius 3 is 2.55 bits per heavy atom. The van der Waals surface area contributed by atoms with Gasteiger partial charge < -0.3 is 5.32 Å². The molecule has 2 heterocycles. The van der Waals surface area contributed by atoms with Gasteiger partial charge >= 0.3 is 0 Å². The summed E-state index contributed by atoms with van der Waals surface area (Å²) in [7, 11) is 0. The molecule has 0 bridgehead atoms. The van der Waals surface area contributed by atoms with Gasteiger partial charge in [0.25, 0.3) is 0 Å². The van der Waals surface area contributed by atoms with Crippen molar-refractivity contribution in [2.75, 3.05) is 11.9 Å². The minimum atomic E-state index is -0.251. The number of benzene rings is 1. The zero-order valence-electron chi connectivity index (χ0n) is 12.2. The van der Waals surface area contributed by atoms with Crippen LogP contribution >= 0.6 is 0 Å². The highest BCUT2D eigenvalue weighted by atomic mass is 19.1. The van der Waals surface area contributed by atoms with E-state index in [0.717, 1.165) is 23.4 Å². The van der Waals surface area contributed by atoms with E-state index in [2.05, 4.69) is 20.4 Å². The lowest BCUT2D eigenvalue weighted by Gasteiger charge is -2.03. The van der Waals surface area contributed by atoms with Crippen molar-refractivity contribution >= 4 is 5.95 Å². The quantitative estimate of drug-likeness (QED) is 0.787. The Bertz CT molecular complexity index is 734. The van der Waals surface area contributed by atoms with Gasteiger partial charge in [0.1, 0.15) is 5.82 Å². The number of nitrogens with zero attached hydrogens (tertiary/aromatic N) is 4. The molecule has 0 aliphatic rings. The molecule has 1 N–H and O–H groups in total. The number of hydrogen-bond acceptors (Lipinski definition) is 4. The highest BCUT2D eigenvalue weighted by Gasteiger charge is 2.02. The average molecular weight is 297 g/mol. The van der Waals surface area contributed by atoms with Gasteiger partial charge in [-0.15, -0.1) is 0 Å². The van der Waals surface area contributed by atoms with Crippen LogP contribution < -0.4 is 5.32 Å². The highest BCUT2D eigenvalue weighted by molar-refractivity contribution is 5.31. The van der Waals surface area contributed by atoms with Gasteiger partial charge in [0, 0.05) is 31.6 Å². The van der Waals surface area contributed by atoms with Crippen LogP contribution in [0.15, 0.2) is 48.9 Å². The first-order chi connectivity index (χ1) is 10.7. The second-order valence-corrected chi connectivity index (χ2v) is 4.99. The van der Waals surface area contributed by atoms with Crippen molar-refractivity contribution in [3.05, 3.63) is 66.0 Å². The van der Waals surface area contributed by atoms with Crippen molar-refractivity contribution in [2.45, 2.75) is 13.3 Å². The topological polar surface area (TPSA) is 55.6 Å². The van der Waals surface area contributed by atoms with E-state index >= 15 is 0 Å². The van der Waals surface area contributed by atoms with Crippen LogP contribution in [0.3, 0.4) is 0 Å². The van der Waals surface area contributed by atoms with Crippen molar-refractivity contribution < 1.29 is 4.39 Å². The van der Waals surface area contributed by atoms with Crippen LogP contribution in [0.4, 0.5) is 10.3 Å². The molecule has 0 aliphatic carbocycles. The standard InChI is InChI=1S/C16H16FN5/c1-12-10-19-16(20-11-12)18-8-6-14-7-9-22(21-14)15-4-2-13(17)3-5-15/h2-5,7,9-11H,6,8H2,1H3,(H,18,19,20). The van der Waals surface area contributed by atoms with E-state index in [1.165, 1.54) is 12.1 Å². The van der Waals surface area contributed by atoms with Crippen LogP contribution in [0.2, 0.25) is 0 Å². The fourth-order valence-electron chi connectivity index (χ4n) is 2.02. The summed E-state index contributed by atoms with van der Waals surface area (Å²) in [6.07, 6.45) is 6.17. The Balaban J connectivity index is 1.57. The van der Waals surface area contributed by atoms with E-state index in [0.29, 0.717) is 12.5 Å². The second-order valence-electron chi connectivity index (χ2n) is 4.99. The summed E-state index contributed by atoms with van der Waals surface area (Å²) >= 11 is 0. The summed E-state index contributed by atoms with van der Waals surface area (Å²) in [5, 5.41) is 7.62. The maximum atomic E-state index is 12.9. The highest BCUT2D eigenvalue weighted by Crippen LogP contribution is 2.09. The zero-order valence-corrected chi connectivity index (χ0v) is 12.2. The summed E-state index contributed by atoms with van der Waals surface area (Å²) < 4.78 is 14.6. The van der Waals surface area contributed by atoms with Gasteiger partial charge in [-0.1, -0.05) is 0 Å². The van der Waals surface area contributed by atoms with Gasteiger partial charge in [-0.05, 0) is 42.8 Å². The van der Waals surface area contributed by atoms with Crippen molar-refractivity contribution in [3.8, 4) is 5.69 Å². The summed E-state index contributed by atoms with van der Waals surface area (Å²) in [4.78, 5) is 8.37. The summed E-state index contributed by atoms with van der Waals surface area (Å²) in [5.41, 5.74) is 2.81. The molecule has 0 atom stereocenters. The minimum Gasteiger partial charge on any atom is -0.354 e. The van der Waals surface area contributed by atoms with E-state index in [-0.39, 0.29) is 5.82 Å². The van der Waals surface area contributed by atoms with Crippen molar-refractivity contribution in [2.24, 2.45) is 0 Å². The summed E-state index contributed by atoms with van der Waals surface area (Å²) in [5.74, 6) is 0.363. The number of aryl methyl sites for hydroxylation is 1. The summed E-state index contributed by atoms with van der Waals surface area (Å²) in [6.45, 7) is 2.65. The number of rotatable bonds is 5. The van der Waals surface area contributed by atoms with Gasteiger partial charge in [-0.25, -0.2) is 19.0 Å².